The van der Waals surface area contributed by atoms with Crippen LogP contribution in [0.1, 0.15) is 0 Å². The predicted molar refractivity (Wildman–Crippen MR) is 80.4 cm³/mol. The van der Waals surface area contributed by atoms with Crippen molar-refractivity contribution in [3.05, 3.63) is 55.5 Å². The predicted octanol–water partition coefficient (Wildman–Crippen LogP) is 1.87. The minimum atomic E-state index is 0.611. The van der Waals surface area contributed by atoms with Gasteiger partial charge in [-0.25, -0.2) is 9.38 Å². The van der Waals surface area contributed by atoms with E-state index in [1.165, 1.54) is 0 Å². The normalized spacial score (nSPS) is 10.6. The molecular weight excluding hydrogens is 278 g/mol. The lowest BCUT2D eigenvalue weighted by Crippen LogP contribution is -1.97. The van der Waals surface area contributed by atoms with Crippen LogP contribution in [-0.4, -0.2) is 29.1 Å². The Kier molecular flexibility index (Phi) is 2.73. The standard InChI is InChI=1S/C15H11N7/c1-21-10-11(8-19-21)13-9-18-15-14(17-6-7-22(13)15)20-12-2-4-16-5-3-12/h2-5,8-10H,1H3,(H,16,17,20). The first-order valence-corrected chi connectivity index (χ1v) is 6.64. The summed E-state index contributed by atoms with van der Waals surface area (Å²) in [5.74, 6) is 0.611. The fourth-order valence-electron chi connectivity index (χ4n) is 2.23. The van der Waals surface area contributed by atoms with E-state index in [-0.39, 0.29) is 0 Å². The number of aryl methyl sites for hydroxylation is 1. The summed E-state index contributed by atoms with van der Waals surface area (Å²) in [4.78, 5) is 12.6. The molecule has 7 nitrogen and oxygen atoms in total. The number of nitrogens with one attached hydrogen (secondary N) is 1. The molecule has 0 aliphatic rings. The molecule has 0 aromatic carbocycles. The molecule has 0 saturated heterocycles. The molecule has 1 N–H and O–H groups in total. The Morgan fingerprint density at radius 3 is 2.82 bits per heavy atom. The van der Waals surface area contributed by atoms with E-state index in [1.807, 2.05) is 29.8 Å². The molecule has 0 spiro atoms. The minimum Gasteiger partial charge on any atom is -0.336 e. The number of hydrogen-bond acceptors (Lipinski definition) is 5. The number of rotatable bonds is 3. The van der Waals surface area contributed by atoms with E-state index in [0.717, 1.165) is 16.9 Å². The maximum atomic E-state index is 4.43. The summed E-state index contributed by atoms with van der Waals surface area (Å²) in [6.45, 7) is 0. The van der Waals surface area contributed by atoms with Crippen LogP contribution >= 0.6 is 0 Å². The fourth-order valence-corrected chi connectivity index (χ4v) is 2.23. The number of pyridine rings is 1. The van der Waals surface area contributed by atoms with Gasteiger partial charge >= 0.3 is 0 Å². The molecule has 22 heavy (non-hydrogen) atoms. The lowest BCUT2D eigenvalue weighted by molar-refractivity contribution is 0.768. The van der Waals surface area contributed by atoms with Gasteiger partial charge in [0.2, 0.25) is 0 Å². The molecule has 0 aliphatic carbocycles. The Bertz CT molecular complexity index is 923. The summed E-state index contributed by atoms with van der Waals surface area (Å²) in [7, 11) is 1.88. The molecule has 0 aliphatic heterocycles. The zero-order chi connectivity index (χ0) is 14.9. The molecule has 0 radical (unpaired) electrons. The van der Waals surface area contributed by atoms with Gasteiger partial charge in [0.15, 0.2) is 11.5 Å². The maximum absolute atomic E-state index is 4.43. The van der Waals surface area contributed by atoms with Crippen molar-refractivity contribution < 1.29 is 0 Å². The number of anilines is 2. The van der Waals surface area contributed by atoms with Crippen molar-refractivity contribution in [2.45, 2.75) is 0 Å². The Morgan fingerprint density at radius 2 is 2.05 bits per heavy atom. The third kappa shape index (κ3) is 2.03. The molecular formula is C15H11N7. The van der Waals surface area contributed by atoms with Crippen LogP contribution in [0.25, 0.3) is 16.9 Å². The van der Waals surface area contributed by atoms with Crippen molar-refractivity contribution in [2.75, 3.05) is 5.32 Å². The van der Waals surface area contributed by atoms with Crippen molar-refractivity contribution in [1.82, 2.24) is 29.1 Å². The van der Waals surface area contributed by atoms with E-state index in [1.54, 1.807) is 29.5 Å². The van der Waals surface area contributed by atoms with Crippen molar-refractivity contribution in [1.29, 1.82) is 0 Å². The summed E-state index contributed by atoms with van der Waals surface area (Å²) in [6, 6.07) is 3.72. The van der Waals surface area contributed by atoms with Crippen LogP contribution in [0, 0.1) is 12.4 Å². The smallest absolute Gasteiger partial charge is 0.189 e. The summed E-state index contributed by atoms with van der Waals surface area (Å²) in [5.41, 5.74) is 3.41. The second kappa shape index (κ2) is 4.86. The molecule has 4 aromatic rings. The van der Waals surface area contributed by atoms with Crippen molar-refractivity contribution >= 4 is 17.2 Å². The maximum Gasteiger partial charge on any atom is 0.189 e. The number of imidazole rings is 1. The van der Waals surface area contributed by atoms with Gasteiger partial charge in [-0.05, 0) is 12.1 Å². The first-order valence-electron chi connectivity index (χ1n) is 6.64. The van der Waals surface area contributed by atoms with Gasteiger partial charge in [0.05, 0.1) is 24.3 Å². The number of nitrogens with zero attached hydrogens (tertiary/aromatic N) is 6. The lowest BCUT2D eigenvalue weighted by atomic mass is 10.3. The van der Waals surface area contributed by atoms with E-state index in [9.17, 15) is 0 Å². The molecule has 4 rings (SSSR count). The molecule has 0 amide bonds. The highest BCUT2D eigenvalue weighted by molar-refractivity contribution is 5.73. The fraction of sp³-hybridized carbons (Fsp3) is 0.0667. The molecule has 0 saturated carbocycles. The van der Waals surface area contributed by atoms with Gasteiger partial charge in [-0.1, -0.05) is 0 Å². The quantitative estimate of drug-likeness (QED) is 0.623. The highest BCUT2D eigenvalue weighted by Crippen LogP contribution is 2.23. The SMILES string of the molecule is Cn1cc(-c2cnc3c(Nc4ccncc4)nc#cn23)cn1. The van der Waals surface area contributed by atoms with Crippen LogP contribution in [0.5, 0.6) is 0 Å². The molecule has 0 bridgehead atoms. The summed E-state index contributed by atoms with van der Waals surface area (Å²) >= 11 is 0. The number of fused-ring (bicyclic) bond motifs is 1. The van der Waals surface area contributed by atoms with Crippen LogP contribution in [-0.2, 0) is 7.05 Å². The Hall–Kier alpha value is -3.40. The first kappa shape index (κ1) is 12.3. The Labute approximate surface area is 126 Å². The van der Waals surface area contributed by atoms with Crippen molar-refractivity contribution in [3.63, 3.8) is 0 Å². The van der Waals surface area contributed by atoms with Crippen LogP contribution in [0.2, 0.25) is 0 Å². The average molecular weight is 289 g/mol. The molecule has 106 valence electrons. The summed E-state index contributed by atoms with van der Waals surface area (Å²) in [6.07, 6.45) is 14.6. The van der Waals surface area contributed by atoms with Gasteiger partial charge in [-0.2, -0.15) is 10.1 Å². The molecule has 7 heteroatoms. The van der Waals surface area contributed by atoms with Gasteiger partial charge in [0.25, 0.3) is 0 Å². The second-order valence-corrected chi connectivity index (χ2v) is 4.75. The van der Waals surface area contributed by atoms with E-state index >= 15 is 0 Å². The average Bonchev–Trinajstić information content (AvgIpc) is 3.15. The minimum absolute atomic E-state index is 0.611. The summed E-state index contributed by atoms with van der Waals surface area (Å²) in [5, 5.41) is 7.39. The van der Waals surface area contributed by atoms with Crippen LogP contribution in [0.15, 0.2) is 43.1 Å². The van der Waals surface area contributed by atoms with Crippen LogP contribution in [0.4, 0.5) is 11.5 Å². The molecule has 4 heterocycles. The zero-order valence-electron chi connectivity index (χ0n) is 11.7. The topological polar surface area (TPSA) is 72.9 Å². The third-order valence-corrected chi connectivity index (χ3v) is 3.25. The largest absolute Gasteiger partial charge is 0.336 e. The van der Waals surface area contributed by atoms with Gasteiger partial charge in [0, 0.05) is 43.1 Å². The first-order chi connectivity index (χ1) is 10.8. The van der Waals surface area contributed by atoms with E-state index in [2.05, 4.69) is 37.8 Å². The van der Waals surface area contributed by atoms with Gasteiger partial charge in [-0.15, -0.1) is 0 Å². The van der Waals surface area contributed by atoms with Crippen molar-refractivity contribution in [3.8, 4) is 11.3 Å². The van der Waals surface area contributed by atoms with Gasteiger partial charge in [-0.3, -0.25) is 9.67 Å². The molecule has 0 unspecified atom stereocenters. The lowest BCUT2D eigenvalue weighted by Gasteiger charge is -2.04. The van der Waals surface area contributed by atoms with Crippen LogP contribution in [0.3, 0.4) is 0 Å². The highest BCUT2D eigenvalue weighted by atomic mass is 15.2. The van der Waals surface area contributed by atoms with E-state index < -0.39 is 0 Å². The molecule has 0 atom stereocenters. The van der Waals surface area contributed by atoms with Gasteiger partial charge < -0.3 is 5.32 Å². The zero-order valence-corrected chi connectivity index (χ0v) is 11.7. The highest BCUT2D eigenvalue weighted by Gasteiger charge is 2.11. The molecule has 0 fully saturated rings. The molecule has 4 aromatic heterocycles. The van der Waals surface area contributed by atoms with E-state index in [0.29, 0.717) is 11.5 Å². The number of aromatic nitrogens is 6. The second-order valence-electron chi connectivity index (χ2n) is 4.75. The monoisotopic (exact) mass is 289 g/mol. The van der Waals surface area contributed by atoms with Crippen molar-refractivity contribution in [2.24, 2.45) is 7.05 Å². The van der Waals surface area contributed by atoms with E-state index in [4.69, 9.17) is 0 Å². The van der Waals surface area contributed by atoms with Gasteiger partial charge in [0.1, 0.15) is 0 Å². The Balaban J connectivity index is 1.80. The third-order valence-electron chi connectivity index (χ3n) is 3.25. The Morgan fingerprint density at radius 1 is 1.18 bits per heavy atom. The summed E-state index contributed by atoms with van der Waals surface area (Å²) < 4.78 is 3.56. The van der Waals surface area contributed by atoms with Crippen LogP contribution < -0.4 is 5.32 Å². The number of hydrogen-bond donors (Lipinski definition) is 1.